The summed E-state index contributed by atoms with van der Waals surface area (Å²) in [5.74, 6) is 0. The van der Waals surface area contributed by atoms with Gasteiger partial charge in [-0.2, -0.15) is 0 Å². The van der Waals surface area contributed by atoms with E-state index in [-0.39, 0.29) is 0 Å². The molecule has 0 fully saturated rings. The molecule has 0 atom stereocenters. The zero-order valence-corrected chi connectivity index (χ0v) is 11.6. The van der Waals surface area contributed by atoms with E-state index in [9.17, 15) is 0 Å². The van der Waals surface area contributed by atoms with Crippen LogP contribution in [0.1, 0.15) is 18.4 Å². The van der Waals surface area contributed by atoms with Crippen molar-refractivity contribution in [3.05, 3.63) is 48.0 Å². The third-order valence-corrected chi connectivity index (χ3v) is 3.43. The number of rotatable bonds is 6. The van der Waals surface area contributed by atoms with Crippen molar-refractivity contribution >= 4 is 26.8 Å². The van der Waals surface area contributed by atoms with E-state index in [1.165, 1.54) is 22.8 Å². The second-order valence-corrected chi connectivity index (χ2v) is 4.96. The van der Waals surface area contributed by atoms with Crippen LogP contribution < -0.4 is 0 Å². The summed E-state index contributed by atoms with van der Waals surface area (Å²) in [4.78, 5) is 0. The molecule has 2 rings (SSSR count). The van der Waals surface area contributed by atoms with Gasteiger partial charge in [-0.25, -0.2) is 0 Å². The van der Waals surface area contributed by atoms with Crippen LogP contribution in [-0.4, -0.2) is 22.6 Å². The molecule has 0 aromatic heterocycles. The molecular formula is C15H17OSe. The number of hydrogen-bond donors (Lipinski definition) is 0. The van der Waals surface area contributed by atoms with Crippen LogP contribution in [0, 0.1) is 0 Å². The van der Waals surface area contributed by atoms with E-state index in [1.807, 2.05) is 0 Å². The summed E-state index contributed by atoms with van der Waals surface area (Å²) >= 11 is 3.02. The Morgan fingerprint density at radius 2 is 1.76 bits per heavy atom. The fraction of sp³-hybridized carbons (Fsp3) is 0.333. The van der Waals surface area contributed by atoms with Crippen molar-refractivity contribution in [2.45, 2.75) is 24.8 Å². The zero-order valence-electron chi connectivity index (χ0n) is 9.89. The van der Waals surface area contributed by atoms with Crippen molar-refractivity contribution < 1.29 is 4.74 Å². The summed E-state index contributed by atoms with van der Waals surface area (Å²) in [7, 11) is 0. The minimum absolute atomic E-state index is 0.717. The summed E-state index contributed by atoms with van der Waals surface area (Å²) in [5, 5.41) is 3.72. The van der Waals surface area contributed by atoms with Crippen LogP contribution >= 0.6 is 0 Å². The Kier molecular flexibility index (Phi) is 5.06. The van der Waals surface area contributed by atoms with E-state index < -0.39 is 0 Å². The topological polar surface area (TPSA) is 9.23 Å². The fourth-order valence-electron chi connectivity index (χ4n) is 1.91. The molecule has 0 saturated heterocycles. The summed E-state index contributed by atoms with van der Waals surface area (Å²) in [6, 6.07) is 14.9. The van der Waals surface area contributed by atoms with Gasteiger partial charge in [-0.3, -0.25) is 0 Å². The summed E-state index contributed by atoms with van der Waals surface area (Å²) in [6.07, 6.45) is 2.34. The Hall–Kier alpha value is -0.821. The summed E-state index contributed by atoms with van der Waals surface area (Å²) < 4.78 is 5.72. The average Bonchev–Trinajstić information content (AvgIpc) is 2.39. The third-order valence-electron chi connectivity index (χ3n) is 2.82. The van der Waals surface area contributed by atoms with Crippen LogP contribution in [0.3, 0.4) is 0 Å². The van der Waals surface area contributed by atoms with Gasteiger partial charge < -0.3 is 0 Å². The van der Waals surface area contributed by atoms with Gasteiger partial charge >= 0.3 is 111 Å². The van der Waals surface area contributed by atoms with E-state index >= 15 is 0 Å². The van der Waals surface area contributed by atoms with Gasteiger partial charge in [-0.05, 0) is 0 Å². The Bertz CT molecular complexity index is 462. The van der Waals surface area contributed by atoms with Crippen LogP contribution in [0.4, 0.5) is 0 Å². The van der Waals surface area contributed by atoms with Gasteiger partial charge in [-0.1, -0.05) is 0 Å². The molecule has 89 valence electrons. The van der Waals surface area contributed by atoms with Crippen molar-refractivity contribution in [2.75, 3.05) is 6.61 Å². The van der Waals surface area contributed by atoms with Crippen molar-refractivity contribution in [1.82, 2.24) is 0 Å². The molecule has 0 amide bonds. The second kappa shape index (κ2) is 6.80. The Balaban J connectivity index is 1.98. The van der Waals surface area contributed by atoms with E-state index in [0.717, 1.165) is 25.0 Å². The molecule has 0 aliphatic heterocycles. The number of ether oxygens (including phenoxy) is 1. The van der Waals surface area contributed by atoms with Crippen molar-refractivity contribution in [3.63, 3.8) is 0 Å². The van der Waals surface area contributed by atoms with E-state index in [0.29, 0.717) is 0 Å². The number of benzene rings is 2. The number of fused-ring (bicyclic) bond motifs is 1. The van der Waals surface area contributed by atoms with Gasteiger partial charge in [-0.15, -0.1) is 0 Å². The fourth-order valence-corrected chi connectivity index (χ4v) is 2.33. The number of unbranched alkanes of at least 4 members (excludes halogenated alkanes) is 1. The molecule has 2 aromatic carbocycles. The van der Waals surface area contributed by atoms with Crippen molar-refractivity contribution in [1.29, 1.82) is 0 Å². The zero-order chi connectivity index (χ0) is 11.9. The van der Waals surface area contributed by atoms with Crippen LogP contribution in [0.2, 0.25) is 5.32 Å². The second-order valence-electron chi connectivity index (χ2n) is 4.10. The minimum atomic E-state index is 0.717. The average molecular weight is 292 g/mol. The first-order valence-electron chi connectivity index (χ1n) is 6.04. The molecule has 0 heterocycles. The monoisotopic (exact) mass is 293 g/mol. The Morgan fingerprint density at radius 3 is 2.65 bits per heavy atom. The Labute approximate surface area is 111 Å². The number of hydrogen-bond acceptors (Lipinski definition) is 1. The molecular weight excluding hydrogens is 275 g/mol. The molecule has 0 spiro atoms. The van der Waals surface area contributed by atoms with E-state index in [2.05, 4.69) is 58.5 Å². The molecule has 0 unspecified atom stereocenters. The van der Waals surface area contributed by atoms with E-state index in [4.69, 9.17) is 4.74 Å². The first-order valence-corrected chi connectivity index (χ1v) is 7.25. The summed E-state index contributed by atoms with van der Waals surface area (Å²) in [5.41, 5.74) is 1.28. The van der Waals surface area contributed by atoms with Crippen LogP contribution in [-0.2, 0) is 11.3 Å². The van der Waals surface area contributed by atoms with Crippen LogP contribution in [0.25, 0.3) is 10.8 Å². The van der Waals surface area contributed by atoms with Crippen molar-refractivity contribution in [2.24, 2.45) is 0 Å². The predicted octanol–water partition coefficient (Wildman–Crippen LogP) is 3.72. The molecule has 0 aliphatic rings. The first kappa shape index (κ1) is 12.6. The van der Waals surface area contributed by atoms with Gasteiger partial charge in [0, 0.05) is 0 Å². The Morgan fingerprint density at radius 1 is 0.941 bits per heavy atom. The van der Waals surface area contributed by atoms with Crippen LogP contribution in [0.15, 0.2) is 42.5 Å². The van der Waals surface area contributed by atoms with E-state index in [1.54, 1.807) is 0 Å². The van der Waals surface area contributed by atoms with Gasteiger partial charge in [0.25, 0.3) is 0 Å². The summed E-state index contributed by atoms with van der Waals surface area (Å²) in [6.45, 7) is 1.57. The maximum atomic E-state index is 5.72. The predicted molar refractivity (Wildman–Crippen MR) is 73.4 cm³/mol. The molecule has 1 radical (unpaired) electrons. The molecule has 17 heavy (non-hydrogen) atoms. The first-order chi connectivity index (χ1) is 8.42. The van der Waals surface area contributed by atoms with Gasteiger partial charge in [0.15, 0.2) is 0 Å². The van der Waals surface area contributed by atoms with Crippen molar-refractivity contribution in [3.8, 4) is 0 Å². The van der Waals surface area contributed by atoms with Crippen LogP contribution in [0.5, 0.6) is 0 Å². The van der Waals surface area contributed by atoms with Gasteiger partial charge in [0.1, 0.15) is 0 Å². The third kappa shape index (κ3) is 3.57. The molecule has 2 heteroatoms. The molecule has 0 aliphatic carbocycles. The standard InChI is InChI=1S/C15H17OSe/c17-11-4-3-10-16-12-14-8-5-7-13-6-1-2-9-15(13)14/h1-2,5-9H,3-4,10-12H2. The van der Waals surface area contributed by atoms with Gasteiger partial charge in [0.05, 0.1) is 0 Å². The molecule has 1 nitrogen and oxygen atoms in total. The molecule has 0 bridgehead atoms. The molecule has 0 saturated carbocycles. The SMILES string of the molecule is [Se]CCCCOCc1cccc2ccccc12. The quantitative estimate of drug-likeness (QED) is 0.582. The molecule has 2 aromatic rings. The van der Waals surface area contributed by atoms with Gasteiger partial charge in [0.2, 0.25) is 0 Å². The maximum absolute atomic E-state index is 5.72. The molecule has 0 N–H and O–H groups in total. The normalized spacial score (nSPS) is 10.9.